The van der Waals surface area contributed by atoms with E-state index in [9.17, 15) is 0 Å². The molecule has 3 rings (SSSR count). The van der Waals surface area contributed by atoms with Crippen molar-refractivity contribution in [3.05, 3.63) is 52.7 Å². The number of nitrogens with zero attached hydrogens (tertiary/aromatic N) is 3. The summed E-state index contributed by atoms with van der Waals surface area (Å²) in [4.78, 5) is 11.1. The number of rotatable bonds is 6. The smallest absolute Gasteiger partial charge is 0.214 e. The van der Waals surface area contributed by atoms with E-state index in [1.807, 2.05) is 13.8 Å². The number of nitrogens with one attached hydrogen (secondary N) is 2. The SMILES string of the molecule is CN=C(NCc1nc(C)c(C)o1)NCc1ccccc1CN1CCOCC1.I. The molecule has 1 saturated heterocycles. The summed E-state index contributed by atoms with van der Waals surface area (Å²) in [5, 5.41) is 6.63. The normalized spacial score (nSPS) is 15.2. The Morgan fingerprint density at radius 3 is 2.43 bits per heavy atom. The molecule has 2 N–H and O–H groups in total. The summed E-state index contributed by atoms with van der Waals surface area (Å²) in [7, 11) is 1.76. The summed E-state index contributed by atoms with van der Waals surface area (Å²) in [5.74, 6) is 2.25. The van der Waals surface area contributed by atoms with Crippen LogP contribution in [0.3, 0.4) is 0 Å². The standard InChI is InChI=1S/C20H29N5O2.HI/c1-15-16(2)27-19(24-15)13-23-20(21-3)22-12-17-6-4-5-7-18(17)14-25-8-10-26-11-9-25;/h4-7H,8-14H2,1-3H3,(H2,21,22,23);1H. The van der Waals surface area contributed by atoms with Crippen molar-refractivity contribution in [3.8, 4) is 0 Å². The zero-order valence-corrected chi connectivity index (χ0v) is 19.2. The average molecular weight is 499 g/mol. The Morgan fingerprint density at radius 2 is 1.79 bits per heavy atom. The largest absolute Gasteiger partial charge is 0.444 e. The fourth-order valence-corrected chi connectivity index (χ4v) is 3.06. The van der Waals surface area contributed by atoms with E-state index in [0.29, 0.717) is 19.0 Å². The van der Waals surface area contributed by atoms with Crippen molar-refractivity contribution < 1.29 is 9.15 Å². The molecule has 0 bridgehead atoms. The molecule has 154 valence electrons. The van der Waals surface area contributed by atoms with Crippen LogP contribution >= 0.6 is 24.0 Å². The molecule has 0 atom stereocenters. The van der Waals surface area contributed by atoms with Crippen molar-refractivity contribution in [1.29, 1.82) is 0 Å². The van der Waals surface area contributed by atoms with Gasteiger partial charge in [-0.1, -0.05) is 24.3 Å². The maximum absolute atomic E-state index is 5.60. The van der Waals surface area contributed by atoms with Crippen LogP contribution in [0.1, 0.15) is 28.5 Å². The van der Waals surface area contributed by atoms with E-state index in [1.165, 1.54) is 11.1 Å². The molecule has 2 aromatic rings. The van der Waals surface area contributed by atoms with E-state index >= 15 is 0 Å². The highest BCUT2D eigenvalue weighted by Gasteiger charge is 2.13. The third kappa shape index (κ3) is 6.46. The van der Waals surface area contributed by atoms with Gasteiger partial charge in [0.05, 0.1) is 25.5 Å². The lowest BCUT2D eigenvalue weighted by Crippen LogP contribution is -2.37. The minimum absolute atomic E-state index is 0. The number of aromatic nitrogens is 1. The number of hydrogen-bond donors (Lipinski definition) is 2. The lowest BCUT2D eigenvalue weighted by Gasteiger charge is -2.27. The molecule has 1 aromatic carbocycles. The maximum Gasteiger partial charge on any atom is 0.214 e. The minimum atomic E-state index is 0. The fourth-order valence-electron chi connectivity index (χ4n) is 3.06. The highest BCUT2D eigenvalue weighted by atomic mass is 127. The second kappa shape index (κ2) is 11.4. The summed E-state index contributed by atoms with van der Waals surface area (Å²) >= 11 is 0. The molecular weight excluding hydrogens is 469 g/mol. The summed E-state index contributed by atoms with van der Waals surface area (Å²) in [6.07, 6.45) is 0. The van der Waals surface area contributed by atoms with Crippen molar-refractivity contribution in [2.75, 3.05) is 33.4 Å². The fraction of sp³-hybridized carbons (Fsp3) is 0.500. The third-order valence-electron chi connectivity index (χ3n) is 4.77. The van der Waals surface area contributed by atoms with Gasteiger partial charge in [-0.05, 0) is 25.0 Å². The van der Waals surface area contributed by atoms with E-state index in [2.05, 4.69) is 49.8 Å². The van der Waals surface area contributed by atoms with Crippen LogP contribution in [0.15, 0.2) is 33.7 Å². The number of oxazole rings is 1. The lowest BCUT2D eigenvalue weighted by molar-refractivity contribution is 0.0341. The van der Waals surface area contributed by atoms with E-state index in [0.717, 1.165) is 50.3 Å². The van der Waals surface area contributed by atoms with Crippen molar-refractivity contribution >= 4 is 29.9 Å². The summed E-state index contributed by atoms with van der Waals surface area (Å²) in [5.41, 5.74) is 3.53. The molecule has 0 unspecified atom stereocenters. The van der Waals surface area contributed by atoms with Gasteiger partial charge in [0.15, 0.2) is 5.96 Å². The van der Waals surface area contributed by atoms with Crippen LogP contribution in [0.5, 0.6) is 0 Å². The van der Waals surface area contributed by atoms with Gasteiger partial charge in [-0.2, -0.15) is 0 Å². The first-order chi connectivity index (χ1) is 13.2. The number of morpholine rings is 1. The Morgan fingerprint density at radius 1 is 1.11 bits per heavy atom. The Bertz CT molecular complexity index is 752. The maximum atomic E-state index is 5.60. The van der Waals surface area contributed by atoms with Crippen LogP contribution in [-0.2, 0) is 24.4 Å². The quantitative estimate of drug-likeness (QED) is 0.362. The minimum Gasteiger partial charge on any atom is -0.444 e. The van der Waals surface area contributed by atoms with Gasteiger partial charge in [-0.25, -0.2) is 4.98 Å². The topological polar surface area (TPSA) is 74.9 Å². The summed E-state index contributed by atoms with van der Waals surface area (Å²) in [6.45, 7) is 9.63. The molecule has 0 saturated carbocycles. The van der Waals surface area contributed by atoms with Crippen molar-refractivity contribution in [2.24, 2.45) is 4.99 Å². The van der Waals surface area contributed by atoms with Gasteiger partial charge in [0.1, 0.15) is 5.76 Å². The lowest BCUT2D eigenvalue weighted by atomic mass is 10.1. The van der Waals surface area contributed by atoms with Crippen molar-refractivity contribution in [1.82, 2.24) is 20.5 Å². The van der Waals surface area contributed by atoms with Crippen molar-refractivity contribution in [3.63, 3.8) is 0 Å². The van der Waals surface area contributed by atoms with Gasteiger partial charge in [-0.3, -0.25) is 9.89 Å². The zero-order valence-electron chi connectivity index (χ0n) is 16.8. The van der Waals surface area contributed by atoms with E-state index in [1.54, 1.807) is 7.05 Å². The molecule has 7 nitrogen and oxygen atoms in total. The predicted octanol–water partition coefficient (Wildman–Crippen LogP) is 2.61. The van der Waals surface area contributed by atoms with Crippen LogP contribution in [0.2, 0.25) is 0 Å². The number of aliphatic imine (C=N–C) groups is 1. The number of guanidine groups is 1. The van der Waals surface area contributed by atoms with Crippen LogP contribution in [0.4, 0.5) is 0 Å². The van der Waals surface area contributed by atoms with E-state index in [-0.39, 0.29) is 24.0 Å². The Kier molecular flexibility index (Phi) is 9.20. The summed E-state index contributed by atoms with van der Waals surface area (Å²) in [6, 6.07) is 8.53. The molecular formula is C20H30IN5O2. The van der Waals surface area contributed by atoms with Crippen LogP contribution in [0, 0.1) is 13.8 Å². The molecule has 1 aromatic heterocycles. The van der Waals surface area contributed by atoms with Crippen molar-refractivity contribution in [2.45, 2.75) is 33.5 Å². The second-order valence-corrected chi connectivity index (χ2v) is 6.69. The number of hydrogen-bond acceptors (Lipinski definition) is 5. The van der Waals surface area contributed by atoms with Crippen LogP contribution < -0.4 is 10.6 Å². The average Bonchev–Trinajstić information content (AvgIpc) is 3.01. The highest BCUT2D eigenvalue weighted by molar-refractivity contribution is 14.0. The molecule has 1 aliphatic heterocycles. The van der Waals surface area contributed by atoms with Gasteiger partial charge >= 0.3 is 0 Å². The van der Waals surface area contributed by atoms with Gasteiger partial charge in [-0.15, -0.1) is 24.0 Å². The first-order valence-corrected chi connectivity index (χ1v) is 9.40. The molecule has 0 aliphatic carbocycles. The number of ether oxygens (including phenoxy) is 1. The van der Waals surface area contributed by atoms with Gasteiger partial charge in [0.25, 0.3) is 0 Å². The van der Waals surface area contributed by atoms with Gasteiger partial charge in [0, 0.05) is 33.2 Å². The van der Waals surface area contributed by atoms with Crippen LogP contribution in [-0.4, -0.2) is 49.2 Å². The highest BCUT2D eigenvalue weighted by Crippen LogP contribution is 2.13. The molecule has 1 fully saturated rings. The molecule has 8 heteroatoms. The second-order valence-electron chi connectivity index (χ2n) is 6.69. The Labute approximate surface area is 184 Å². The van der Waals surface area contributed by atoms with Crippen LogP contribution in [0.25, 0.3) is 0 Å². The Balaban J connectivity index is 0.00000280. The molecule has 1 aliphatic rings. The Hall–Kier alpha value is -1.65. The molecule has 0 spiro atoms. The number of halogens is 1. The zero-order chi connectivity index (χ0) is 19.1. The predicted molar refractivity (Wildman–Crippen MR) is 121 cm³/mol. The molecule has 28 heavy (non-hydrogen) atoms. The third-order valence-corrected chi connectivity index (χ3v) is 4.77. The number of aryl methyl sites for hydroxylation is 2. The first kappa shape index (κ1) is 22.6. The number of benzene rings is 1. The molecule has 0 radical (unpaired) electrons. The molecule has 2 heterocycles. The van der Waals surface area contributed by atoms with E-state index < -0.39 is 0 Å². The first-order valence-electron chi connectivity index (χ1n) is 9.40. The summed E-state index contributed by atoms with van der Waals surface area (Å²) < 4.78 is 11.0. The van der Waals surface area contributed by atoms with Gasteiger partial charge < -0.3 is 19.8 Å². The molecule has 0 amide bonds. The van der Waals surface area contributed by atoms with E-state index in [4.69, 9.17) is 9.15 Å². The monoisotopic (exact) mass is 499 g/mol. The van der Waals surface area contributed by atoms with Gasteiger partial charge in [0.2, 0.25) is 5.89 Å².